The highest BCUT2D eigenvalue weighted by Gasteiger charge is 2.09. The normalized spacial score (nSPS) is 10.8. The number of halogens is 1. The van der Waals surface area contributed by atoms with Crippen molar-refractivity contribution in [2.75, 3.05) is 0 Å². The van der Waals surface area contributed by atoms with E-state index < -0.39 is 0 Å². The van der Waals surface area contributed by atoms with Crippen LogP contribution in [0.3, 0.4) is 0 Å². The molecular weight excluding hydrogens is 262 g/mol. The lowest BCUT2D eigenvalue weighted by Gasteiger charge is -2.08. The van der Waals surface area contributed by atoms with Gasteiger partial charge in [-0.25, -0.2) is 0 Å². The van der Waals surface area contributed by atoms with Crippen LogP contribution in [0.25, 0.3) is 22.0 Å². The predicted molar refractivity (Wildman–Crippen MR) is 75.5 cm³/mol. The Bertz CT molecular complexity index is 754. The molecule has 0 bridgehead atoms. The number of nitrogens with zero attached hydrogens (tertiary/aromatic N) is 1. The molecule has 3 rings (SSSR count). The van der Waals surface area contributed by atoms with Crippen LogP contribution in [0, 0.1) is 0 Å². The van der Waals surface area contributed by atoms with E-state index in [2.05, 4.69) is 4.98 Å². The highest BCUT2D eigenvalue weighted by atomic mass is 35.5. The molecule has 1 heterocycles. The number of rotatable bonds is 1. The van der Waals surface area contributed by atoms with E-state index in [-0.39, 0.29) is 11.5 Å². The molecule has 1 aromatic heterocycles. The van der Waals surface area contributed by atoms with Crippen LogP contribution in [-0.4, -0.2) is 15.2 Å². The molecule has 3 aromatic rings. The fourth-order valence-electron chi connectivity index (χ4n) is 1.99. The minimum atomic E-state index is 0.152. The molecule has 0 fully saturated rings. The minimum Gasteiger partial charge on any atom is -0.508 e. The Hall–Kier alpha value is -2.26. The first kappa shape index (κ1) is 11.8. The van der Waals surface area contributed by atoms with Crippen molar-refractivity contribution in [1.82, 2.24) is 4.98 Å². The molecule has 0 saturated carbocycles. The molecule has 0 atom stereocenters. The lowest BCUT2D eigenvalue weighted by Crippen LogP contribution is -1.85. The topological polar surface area (TPSA) is 53.4 Å². The first-order valence-electron chi connectivity index (χ1n) is 5.72. The maximum absolute atomic E-state index is 9.53. The SMILES string of the molecule is Oc1ccc(-c2cnc3ccc(O)cc3c2Cl)cc1. The van der Waals surface area contributed by atoms with Gasteiger partial charge in [-0.2, -0.15) is 0 Å². The molecule has 0 saturated heterocycles. The maximum atomic E-state index is 9.53. The van der Waals surface area contributed by atoms with Crippen molar-refractivity contribution in [1.29, 1.82) is 0 Å². The fraction of sp³-hybridized carbons (Fsp3) is 0. The average molecular weight is 272 g/mol. The van der Waals surface area contributed by atoms with Gasteiger partial charge in [0.1, 0.15) is 11.5 Å². The van der Waals surface area contributed by atoms with E-state index in [0.717, 1.165) is 16.6 Å². The zero-order chi connectivity index (χ0) is 13.4. The van der Waals surface area contributed by atoms with Crippen LogP contribution < -0.4 is 0 Å². The summed E-state index contributed by atoms with van der Waals surface area (Å²) in [6.45, 7) is 0. The van der Waals surface area contributed by atoms with Crippen molar-refractivity contribution < 1.29 is 10.2 Å². The largest absolute Gasteiger partial charge is 0.508 e. The molecule has 0 aliphatic rings. The molecule has 0 aliphatic carbocycles. The summed E-state index contributed by atoms with van der Waals surface area (Å²) in [7, 11) is 0. The second kappa shape index (κ2) is 4.44. The monoisotopic (exact) mass is 271 g/mol. The van der Waals surface area contributed by atoms with E-state index in [1.807, 2.05) is 0 Å². The molecular formula is C15H10ClNO2. The third-order valence-electron chi connectivity index (χ3n) is 2.96. The molecule has 0 unspecified atom stereocenters. The van der Waals surface area contributed by atoms with E-state index in [1.165, 1.54) is 0 Å². The van der Waals surface area contributed by atoms with Gasteiger partial charge in [-0.3, -0.25) is 4.98 Å². The Balaban J connectivity index is 2.24. The quantitative estimate of drug-likeness (QED) is 0.704. The molecule has 19 heavy (non-hydrogen) atoms. The average Bonchev–Trinajstić information content (AvgIpc) is 2.41. The van der Waals surface area contributed by atoms with Gasteiger partial charge in [0.2, 0.25) is 0 Å². The number of phenols is 2. The number of hydrogen-bond donors (Lipinski definition) is 2. The summed E-state index contributed by atoms with van der Waals surface area (Å²) in [5.74, 6) is 0.352. The smallest absolute Gasteiger partial charge is 0.116 e. The number of phenolic OH excluding ortho intramolecular Hbond substituents is 2. The van der Waals surface area contributed by atoms with Gasteiger partial charge < -0.3 is 10.2 Å². The van der Waals surface area contributed by atoms with Crippen molar-refractivity contribution in [3.8, 4) is 22.6 Å². The summed E-state index contributed by atoms with van der Waals surface area (Å²) < 4.78 is 0. The van der Waals surface area contributed by atoms with E-state index >= 15 is 0 Å². The van der Waals surface area contributed by atoms with Crippen molar-refractivity contribution in [2.45, 2.75) is 0 Å². The van der Waals surface area contributed by atoms with Crippen LogP contribution in [-0.2, 0) is 0 Å². The van der Waals surface area contributed by atoms with Gasteiger partial charge in [-0.15, -0.1) is 0 Å². The summed E-state index contributed by atoms with van der Waals surface area (Å²) in [5.41, 5.74) is 2.35. The molecule has 2 N–H and O–H groups in total. The first-order valence-corrected chi connectivity index (χ1v) is 6.09. The van der Waals surface area contributed by atoms with Gasteiger partial charge >= 0.3 is 0 Å². The highest BCUT2D eigenvalue weighted by molar-refractivity contribution is 6.38. The van der Waals surface area contributed by atoms with Crippen molar-refractivity contribution in [2.24, 2.45) is 0 Å². The number of aromatic nitrogens is 1. The van der Waals surface area contributed by atoms with Gasteiger partial charge in [0.15, 0.2) is 0 Å². The standard InChI is InChI=1S/C15H10ClNO2/c16-15-12-7-11(19)5-6-14(12)17-8-13(15)9-1-3-10(18)4-2-9/h1-8,18-19H. The van der Waals surface area contributed by atoms with Gasteiger partial charge in [-0.05, 0) is 35.9 Å². The summed E-state index contributed by atoms with van der Waals surface area (Å²) in [6, 6.07) is 11.6. The van der Waals surface area contributed by atoms with Gasteiger partial charge in [-0.1, -0.05) is 23.7 Å². The van der Waals surface area contributed by atoms with E-state index in [9.17, 15) is 10.2 Å². The van der Waals surface area contributed by atoms with Crippen LogP contribution in [0.1, 0.15) is 0 Å². The maximum Gasteiger partial charge on any atom is 0.116 e. The Labute approximate surface area is 114 Å². The lowest BCUT2D eigenvalue weighted by atomic mass is 10.0. The third-order valence-corrected chi connectivity index (χ3v) is 3.37. The van der Waals surface area contributed by atoms with Gasteiger partial charge in [0.25, 0.3) is 0 Å². The minimum absolute atomic E-state index is 0.152. The fourth-order valence-corrected chi connectivity index (χ4v) is 2.30. The van der Waals surface area contributed by atoms with Crippen molar-refractivity contribution in [3.63, 3.8) is 0 Å². The Morgan fingerprint density at radius 1 is 0.895 bits per heavy atom. The molecule has 0 spiro atoms. The lowest BCUT2D eigenvalue weighted by molar-refractivity contribution is 0.475. The van der Waals surface area contributed by atoms with Crippen LogP contribution in [0.5, 0.6) is 11.5 Å². The number of hydrogen-bond acceptors (Lipinski definition) is 3. The zero-order valence-corrected chi connectivity index (χ0v) is 10.6. The van der Waals surface area contributed by atoms with Gasteiger partial charge in [0.05, 0.1) is 10.5 Å². The van der Waals surface area contributed by atoms with Crippen LogP contribution >= 0.6 is 11.6 Å². The molecule has 4 heteroatoms. The third kappa shape index (κ3) is 2.09. The van der Waals surface area contributed by atoms with E-state index in [1.54, 1.807) is 48.7 Å². The van der Waals surface area contributed by atoms with Crippen LogP contribution in [0.4, 0.5) is 0 Å². The number of pyridine rings is 1. The Kier molecular flexibility index (Phi) is 2.76. The number of benzene rings is 2. The molecule has 0 radical (unpaired) electrons. The summed E-state index contributed by atoms with van der Waals surface area (Å²) in [5, 5.41) is 20.1. The highest BCUT2D eigenvalue weighted by Crippen LogP contribution is 2.34. The summed E-state index contributed by atoms with van der Waals surface area (Å²) in [4.78, 5) is 4.32. The molecule has 3 nitrogen and oxygen atoms in total. The number of aromatic hydroxyl groups is 2. The van der Waals surface area contributed by atoms with Crippen LogP contribution in [0.2, 0.25) is 5.02 Å². The van der Waals surface area contributed by atoms with Crippen molar-refractivity contribution in [3.05, 3.63) is 53.7 Å². The van der Waals surface area contributed by atoms with E-state index in [0.29, 0.717) is 10.4 Å². The molecule has 0 aliphatic heterocycles. The molecule has 94 valence electrons. The summed E-state index contributed by atoms with van der Waals surface area (Å²) >= 11 is 6.37. The van der Waals surface area contributed by atoms with Crippen molar-refractivity contribution >= 4 is 22.5 Å². The Morgan fingerprint density at radius 3 is 2.32 bits per heavy atom. The molecule has 2 aromatic carbocycles. The van der Waals surface area contributed by atoms with E-state index in [4.69, 9.17) is 11.6 Å². The van der Waals surface area contributed by atoms with Gasteiger partial charge in [0, 0.05) is 17.1 Å². The zero-order valence-electron chi connectivity index (χ0n) is 9.84. The predicted octanol–water partition coefficient (Wildman–Crippen LogP) is 3.97. The number of fused-ring (bicyclic) bond motifs is 1. The van der Waals surface area contributed by atoms with Crippen LogP contribution in [0.15, 0.2) is 48.7 Å². The summed E-state index contributed by atoms with van der Waals surface area (Å²) in [6.07, 6.45) is 1.69. The second-order valence-electron chi connectivity index (χ2n) is 4.23. The Morgan fingerprint density at radius 2 is 1.58 bits per heavy atom. The first-order chi connectivity index (χ1) is 9.15. The second-order valence-corrected chi connectivity index (χ2v) is 4.61. The molecule has 0 amide bonds.